The van der Waals surface area contributed by atoms with Crippen LogP contribution < -0.4 is 14.4 Å². The number of fused-ring (bicyclic) bond motifs is 1. The second kappa shape index (κ2) is 15.9. The number of aryl methyl sites for hydroxylation is 1. The number of ether oxygens (including phenoxy) is 2. The number of para-hydroxylation sites is 1. The Kier molecular flexibility index (Phi) is 11.4. The summed E-state index contributed by atoms with van der Waals surface area (Å²) in [7, 11) is -2.02. The lowest BCUT2D eigenvalue weighted by Gasteiger charge is -2.40. The Balaban J connectivity index is 0.00000122. The molecule has 6 nitrogen and oxygen atoms in total. The molecular formula is C44H43NO5S. The zero-order chi connectivity index (χ0) is 36.6. The minimum Gasteiger partial charge on any atom is -0.497 e. The first-order valence-electron chi connectivity index (χ1n) is 17.2. The maximum atomic E-state index is 14.2. The first kappa shape index (κ1) is 36.6. The van der Waals surface area contributed by atoms with Crippen LogP contribution in [0.5, 0.6) is 17.2 Å². The summed E-state index contributed by atoms with van der Waals surface area (Å²) in [6, 6.07) is 46.1. The van der Waals surface area contributed by atoms with Crippen molar-refractivity contribution in [3.8, 4) is 17.2 Å². The van der Waals surface area contributed by atoms with E-state index in [1.54, 1.807) is 55.6 Å². The quantitative estimate of drug-likeness (QED) is 0.158. The highest BCUT2D eigenvalue weighted by molar-refractivity contribution is 7.91. The molecule has 1 amide bonds. The third kappa shape index (κ3) is 6.90. The van der Waals surface area contributed by atoms with Crippen LogP contribution in [0.1, 0.15) is 60.3 Å². The topological polar surface area (TPSA) is 72.9 Å². The molecule has 1 aliphatic heterocycles. The summed E-state index contributed by atoms with van der Waals surface area (Å²) in [5.41, 5.74) is 4.06. The zero-order valence-electron chi connectivity index (χ0n) is 29.8. The normalized spacial score (nSPS) is 14.7. The molecule has 1 atom stereocenters. The number of carbonyl (C=O) groups is 1. The first-order valence-corrected chi connectivity index (χ1v) is 18.6. The van der Waals surface area contributed by atoms with E-state index < -0.39 is 15.4 Å². The van der Waals surface area contributed by atoms with Crippen molar-refractivity contribution >= 4 is 21.4 Å². The monoisotopic (exact) mass is 697 g/mol. The molecule has 6 aromatic rings. The molecule has 0 saturated heterocycles. The number of amides is 1. The van der Waals surface area contributed by atoms with E-state index in [0.717, 1.165) is 27.9 Å². The van der Waals surface area contributed by atoms with E-state index >= 15 is 0 Å². The molecule has 1 aliphatic rings. The van der Waals surface area contributed by atoms with Crippen molar-refractivity contribution < 1.29 is 22.7 Å². The fourth-order valence-corrected chi connectivity index (χ4v) is 7.54. The van der Waals surface area contributed by atoms with Crippen LogP contribution in [-0.4, -0.2) is 21.4 Å². The maximum absolute atomic E-state index is 14.2. The van der Waals surface area contributed by atoms with E-state index in [9.17, 15) is 13.2 Å². The molecule has 0 bridgehead atoms. The molecule has 0 fully saturated rings. The third-order valence-electron chi connectivity index (χ3n) is 8.58. The summed E-state index contributed by atoms with van der Waals surface area (Å²) >= 11 is 0. The smallest absolute Gasteiger partial charge is 0.260 e. The van der Waals surface area contributed by atoms with Gasteiger partial charge >= 0.3 is 0 Å². The third-order valence-corrected chi connectivity index (χ3v) is 10.4. The molecule has 0 N–H and O–H groups in total. The van der Waals surface area contributed by atoms with Gasteiger partial charge in [0.2, 0.25) is 9.84 Å². The van der Waals surface area contributed by atoms with Gasteiger partial charge in [-0.05, 0) is 102 Å². The number of hydrogen-bond donors (Lipinski definition) is 0. The van der Waals surface area contributed by atoms with Crippen molar-refractivity contribution in [2.45, 2.75) is 49.9 Å². The summed E-state index contributed by atoms with van der Waals surface area (Å²) in [4.78, 5) is 16.5. The molecule has 0 aromatic heterocycles. The van der Waals surface area contributed by atoms with Crippen molar-refractivity contribution in [1.82, 2.24) is 0 Å². The first-order chi connectivity index (χ1) is 24.8. The molecule has 51 heavy (non-hydrogen) atoms. The van der Waals surface area contributed by atoms with Gasteiger partial charge in [-0.2, -0.15) is 0 Å². The minimum absolute atomic E-state index is 0.0939. The molecule has 7 rings (SSSR count). The van der Waals surface area contributed by atoms with E-state index in [1.807, 2.05) is 143 Å². The summed E-state index contributed by atoms with van der Waals surface area (Å²) < 4.78 is 37.9. The van der Waals surface area contributed by atoms with Gasteiger partial charge in [-0.1, -0.05) is 106 Å². The van der Waals surface area contributed by atoms with Crippen molar-refractivity contribution in [1.29, 1.82) is 0 Å². The van der Waals surface area contributed by atoms with Crippen LogP contribution in [-0.2, 0) is 15.4 Å². The van der Waals surface area contributed by atoms with Crippen molar-refractivity contribution in [3.63, 3.8) is 0 Å². The number of benzene rings is 6. The summed E-state index contributed by atoms with van der Waals surface area (Å²) in [5, 5.41) is 0. The van der Waals surface area contributed by atoms with Crippen LogP contribution in [0, 0.1) is 6.92 Å². The second-order valence-corrected chi connectivity index (χ2v) is 13.3. The fraction of sp³-hybridized carbons (Fsp3) is 0.159. The van der Waals surface area contributed by atoms with Crippen LogP contribution >= 0.6 is 0 Å². The van der Waals surface area contributed by atoms with Crippen molar-refractivity contribution in [2.75, 3.05) is 12.0 Å². The number of carbonyl (C=O) groups excluding carboxylic acids is 1. The fourth-order valence-electron chi connectivity index (χ4n) is 6.27. The second-order valence-electron chi connectivity index (χ2n) is 11.4. The Morgan fingerprint density at radius 1 is 0.549 bits per heavy atom. The Morgan fingerprint density at radius 2 is 1.00 bits per heavy atom. The standard InChI is InChI=1S/C40H31NO5S.2C2H6/c1-28-12-24-35(25-13-28)47(43,44)36-26-22-34(23-27-36)46-33-20-16-30(17-21-33)40(29-14-18-32(45-2)19-15-29)38-11-7-6-10-37(38)39(42)41(40)31-8-4-3-5-9-31;2*1-2/h3-27H,1-2H3;2*1-2H3. The lowest BCUT2D eigenvalue weighted by Crippen LogP contribution is -2.46. The van der Waals surface area contributed by atoms with Crippen LogP contribution in [0.25, 0.3) is 0 Å². The molecule has 0 spiro atoms. The Labute approximate surface area is 301 Å². The number of sulfone groups is 1. The highest BCUT2D eigenvalue weighted by Gasteiger charge is 2.52. The number of methoxy groups -OCH3 is 1. The average molecular weight is 698 g/mol. The van der Waals surface area contributed by atoms with Gasteiger partial charge in [-0.15, -0.1) is 0 Å². The van der Waals surface area contributed by atoms with Crippen molar-refractivity contribution in [2.24, 2.45) is 0 Å². The summed E-state index contributed by atoms with van der Waals surface area (Å²) in [6.07, 6.45) is 0. The van der Waals surface area contributed by atoms with E-state index in [2.05, 4.69) is 0 Å². The summed E-state index contributed by atoms with van der Waals surface area (Å²) in [6.45, 7) is 9.92. The summed E-state index contributed by atoms with van der Waals surface area (Å²) in [5.74, 6) is 1.69. The largest absolute Gasteiger partial charge is 0.497 e. The predicted octanol–water partition coefficient (Wildman–Crippen LogP) is 10.6. The SMILES string of the molecule is CC.CC.COc1ccc(C2(c3ccc(Oc4ccc(S(=O)(=O)c5ccc(C)cc5)cc4)cc3)c3ccccc3C(=O)N2c2ccccc2)cc1. The predicted molar refractivity (Wildman–Crippen MR) is 205 cm³/mol. The maximum Gasteiger partial charge on any atom is 0.260 e. The van der Waals surface area contributed by atoms with Gasteiger partial charge in [0, 0.05) is 11.3 Å². The molecular weight excluding hydrogens is 655 g/mol. The van der Waals surface area contributed by atoms with Gasteiger partial charge in [0.15, 0.2) is 0 Å². The lowest BCUT2D eigenvalue weighted by atomic mass is 9.76. The molecule has 260 valence electrons. The number of rotatable bonds is 8. The van der Waals surface area contributed by atoms with Gasteiger partial charge in [-0.3, -0.25) is 9.69 Å². The average Bonchev–Trinajstić information content (AvgIpc) is 3.46. The lowest BCUT2D eigenvalue weighted by molar-refractivity contribution is 0.0986. The van der Waals surface area contributed by atoms with Crippen LogP contribution in [0.4, 0.5) is 5.69 Å². The Bertz CT molecular complexity index is 2160. The van der Waals surface area contributed by atoms with E-state index in [4.69, 9.17) is 9.47 Å². The number of hydrogen-bond acceptors (Lipinski definition) is 5. The highest BCUT2D eigenvalue weighted by Crippen LogP contribution is 2.51. The molecule has 6 aromatic carbocycles. The van der Waals surface area contributed by atoms with Gasteiger partial charge in [0.25, 0.3) is 5.91 Å². The molecule has 1 heterocycles. The van der Waals surface area contributed by atoms with Crippen LogP contribution in [0.15, 0.2) is 161 Å². The molecule has 7 heteroatoms. The van der Waals surface area contributed by atoms with Crippen LogP contribution in [0.3, 0.4) is 0 Å². The van der Waals surface area contributed by atoms with Gasteiger partial charge < -0.3 is 9.47 Å². The van der Waals surface area contributed by atoms with Gasteiger partial charge in [0.1, 0.15) is 22.8 Å². The minimum atomic E-state index is -3.65. The van der Waals surface area contributed by atoms with E-state index in [-0.39, 0.29) is 15.7 Å². The molecule has 0 saturated carbocycles. The Hall–Kier alpha value is -5.66. The van der Waals surface area contributed by atoms with Gasteiger partial charge in [0.05, 0.1) is 16.9 Å². The number of anilines is 1. The molecule has 0 radical (unpaired) electrons. The van der Waals surface area contributed by atoms with Crippen LogP contribution in [0.2, 0.25) is 0 Å². The van der Waals surface area contributed by atoms with Gasteiger partial charge in [-0.25, -0.2) is 8.42 Å². The van der Waals surface area contributed by atoms with Crippen molar-refractivity contribution in [3.05, 3.63) is 179 Å². The molecule has 0 aliphatic carbocycles. The Morgan fingerprint density at radius 3 is 1.53 bits per heavy atom. The van der Waals surface area contributed by atoms with E-state index in [0.29, 0.717) is 22.8 Å². The zero-order valence-corrected chi connectivity index (χ0v) is 30.6. The van der Waals surface area contributed by atoms with E-state index in [1.165, 1.54) is 0 Å². The number of nitrogens with zero attached hydrogens (tertiary/aromatic N) is 1. The highest BCUT2D eigenvalue weighted by atomic mass is 32.2. The molecule has 1 unspecified atom stereocenters.